The molecule has 0 bridgehead atoms. The van der Waals surface area contributed by atoms with Crippen molar-refractivity contribution in [3.8, 4) is 5.75 Å². The van der Waals surface area contributed by atoms with Crippen LogP contribution in [0.4, 0.5) is 0 Å². The molecule has 0 aliphatic carbocycles. The van der Waals surface area contributed by atoms with Gasteiger partial charge in [0.2, 0.25) is 6.23 Å². The van der Waals surface area contributed by atoms with Crippen LogP contribution in [-0.4, -0.2) is 35.8 Å². The SMILES string of the molecule is CCCCC(CCCC)(C(=O)OC)C(OC)C(Oc1ccc(Cl)cc1)n1ccnc1. The van der Waals surface area contributed by atoms with Crippen molar-refractivity contribution in [3.63, 3.8) is 0 Å². The zero-order chi connectivity index (χ0) is 22.0. The Hall–Kier alpha value is -2.05. The maximum Gasteiger partial charge on any atom is 0.314 e. The second kappa shape index (κ2) is 12.0. The predicted octanol–water partition coefficient (Wildman–Crippen LogP) is 5.67. The van der Waals surface area contributed by atoms with Gasteiger partial charge in [-0.05, 0) is 37.1 Å². The van der Waals surface area contributed by atoms with E-state index < -0.39 is 17.7 Å². The summed E-state index contributed by atoms with van der Waals surface area (Å²) >= 11 is 6.03. The van der Waals surface area contributed by atoms with Gasteiger partial charge in [-0.3, -0.25) is 9.36 Å². The summed E-state index contributed by atoms with van der Waals surface area (Å²) in [6, 6.07) is 7.14. The standard InChI is InChI=1S/C23H33ClN2O4/c1-5-7-13-23(14-8-6-2,22(27)29-4)20(28-3)21(26-16-15-25-17-26)30-19-11-9-18(24)10-12-19/h9-12,15-17,20-21H,5-8,13-14H2,1-4H3. The fraction of sp³-hybridized carbons (Fsp3) is 0.565. The van der Waals surface area contributed by atoms with Gasteiger partial charge in [-0.2, -0.15) is 0 Å². The Labute approximate surface area is 184 Å². The third kappa shape index (κ3) is 5.76. The number of unbranched alkanes of at least 4 members (excludes halogenated alkanes) is 2. The first kappa shape index (κ1) is 24.2. The first-order chi connectivity index (χ1) is 14.5. The Morgan fingerprint density at radius 2 is 1.77 bits per heavy atom. The van der Waals surface area contributed by atoms with E-state index in [1.54, 1.807) is 43.9 Å². The van der Waals surface area contributed by atoms with Crippen molar-refractivity contribution in [2.45, 2.75) is 64.7 Å². The van der Waals surface area contributed by atoms with Crippen LogP contribution in [0, 0.1) is 5.41 Å². The number of rotatable bonds is 13. The summed E-state index contributed by atoms with van der Waals surface area (Å²) in [7, 11) is 3.06. The van der Waals surface area contributed by atoms with Crippen LogP contribution in [0.5, 0.6) is 5.75 Å². The van der Waals surface area contributed by atoms with E-state index in [1.807, 2.05) is 10.8 Å². The number of nitrogens with zero attached hydrogens (tertiary/aromatic N) is 2. The van der Waals surface area contributed by atoms with Crippen molar-refractivity contribution in [3.05, 3.63) is 48.0 Å². The molecule has 30 heavy (non-hydrogen) atoms. The van der Waals surface area contributed by atoms with Gasteiger partial charge in [-0.15, -0.1) is 0 Å². The van der Waals surface area contributed by atoms with E-state index in [9.17, 15) is 4.79 Å². The number of benzene rings is 1. The van der Waals surface area contributed by atoms with Gasteiger partial charge in [0, 0.05) is 24.5 Å². The average Bonchev–Trinajstić information content (AvgIpc) is 3.30. The molecule has 0 saturated heterocycles. The van der Waals surface area contributed by atoms with Gasteiger partial charge in [-0.1, -0.05) is 51.1 Å². The third-order valence-corrected chi connectivity index (χ3v) is 5.74. The number of ether oxygens (including phenoxy) is 3. The van der Waals surface area contributed by atoms with Gasteiger partial charge in [0.1, 0.15) is 11.9 Å². The highest BCUT2D eigenvalue weighted by Gasteiger charge is 2.51. The van der Waals surface area contributed by atoms with E-state index in [4.69, 9.17) is 25.8 Å². The number of aromatic nitrogens is 2. The summed E-state index contributed by atoms with van der Waals surface area (Å²) in [6.07, 6.45) is 9.01. The lowest BCUT2D eigenvalue weighted by Gasteiger charge is -2.41. The van der Waals surface area contributed by atoms with E-state index in [-0.39, 0.29) is 5.97 Å². The number of hydrogen-bond donors (Lipinski definition) is 0. The van der Waals surface area contributed by atoms with E-state index in [1.165, 1.54) is 7.11 Å². The van der Waals surface area contributed by atoms with Crippen LogP contribution in [0.15, 0.2) is 43.0 Å². The minimum Gasteiger partial charge on any atom is -0.469 e. The largest absolute Gasteiger partial charge is 0.469 e. The highest BCUT2D eigenvalue weighted by molar-refractivity contribution is 6.30. The lowest BCUT2D eigenvalue weighted by atomic mass is 9.72. The fourth-order valence-electron chi connectivity index (χ4n) is 3.88. The first-order valence-electron chi connectivity index (χ1n) is 10.5. The molecule has 0 N–H and O–H groups in total. The van der Waals surface area contributed by atoms with Gasteiger partial charge in [0.25, 0.3) is 0 Å². The molecule has 0 amide bonds. The zero-order valence-electron chi connectivity index (χ0n) is 18.3. The topological polar surface area (TPSA) is 62.6 Å². The number of methoxy groups -OCH3 is 2. The molecule has 0 aliphatic rings. The number of halogens is 1. The Bertz CT molecular complexity index is 741. The van der Waals surface area contributed by atoms with Gasteiger partial charge >= 0.3 is 5.97 Å². The Morgan fingerprint density at radius 3 is 2.23 bits per heavy atom. The Kier molecular flexibility index (Phi) is 9.66. The number of carbonyl (C=O) groups is 1. The molecule has 0 spiro atoms. The first-order valence-corrected chi connectivity index (χ1v) is 10.9. The van der Waals surface area contributed by atoms with Gasteiger partial charge in [-0.25, -0.2) is 4.98 Å². The molecular formula is C23H33ClN2O4. The summed E-state index contributed by atoms with van der Waals surface area (Å²) in [5.74, 6) is 0.367. The minimum absolute atomic E-state index is 0.263. The molecule has 0 aliphatic heterocycles. The van der Waals surface area contributed by atoms with Crippen LogP contribution < -0.4 is 4.74 Å². The Balaban J connectivity index is 2.52. The van der Waals surface area contributed by atoms with Crippen LogP contribution in [0.1, 0.15) is 58.6 Å². The van der Waals surface area contributed by atoms with Gasteiger partial charge in [0.15, 0.2) is 0 Å². The van der Waals surface area contributed by atoms with Crippen molar-refractivity contribution in [2.24, 2.45) is 5.41 Å². The van der Waals surface area contributed by atoms with Crippen molar-refractivity contribution < 1.29 is 19.0 Å². The van der Waals surface area contributed by atoms with Crippen LogP contribution in [0.3, 0.4) is 0 Å². The molecule has 0 fully saturated rings. The van der Waals surface area contributed by atoms with Crippen LogP contribution in [-0.2, 0) is 14.3 Å². The van der Waals surface area contributed by atoms with Crippen molar-refractivity contribution in [1.29, 1.82) is 0 Å². The summed E-state index contributed by atoms with van der Waals surface area (Å²) < 4.78 is 19.5. The summed E-state index contributed by atoms with van der Waals surface area (Å²) in [6.45, 7) is 4.22. The minimum atomic E-state index is -0.836. The van der Waals surface area contributed by atoms with Crippen LogP contribution in [0.25, 0.3) is 0 Å². The van der Waals surface area contributed by atoms with Crippen molar-refractivity contribution in [1.82, 2.24) is 9.55 Å². The van der Waals surface area contributed by atoms with Crippen molar-refractivity contribution >= 4 is 17.6 Å². The molecule has 1 aromatic heterocycles. The monoisotopic (exact) mass is 436 g/mol. The molecule has 1 heterocycles. The molecule has 6 nitrogen and oxygen atoms in total. The zero-order valence-corrected chi connectivity index (χ0v) is 19.1. The molecule has 0 saturated carbocycles. The molecule has 2 atom stereocenters. The highest BCUT2D eigenvalue weighted by atomic mass is 35.5. The predicted molar refractivity (Wildman–Crippen MR) is 118 cm³/mol. The smallest absolute Gasteiger partial charge is 0.314 e. The summed E-state index contributed by atoms with van der Waals surface area (Å²) in [5, 5.41) is 0.625. The average molecular weight is 437 g/mol. The molecule has 2 rings (SSSR count). The lowest BCUT2D eigenvalue weighted by Crippen LogP contribution is -2.50. The maximum absolute atomic E-state index is 13.2. The third-order valence-electron chi connectivity index (χ3n) is 5.49. The van der Waals surface area contributed by atoms with Gasteiger partial charge in [0.05, 0.1) is 18.9 Å². The fourth-order valence-corrected chi connectivity index (χ4v) is 4.01. The van der Waals surface area contributed by atoms with E-state index in [2.05, 4.69) is 18.8 Å². The molecule has 2 aromatic rings. The van der Waals surface area contributed by atoms with Crippen LogP contribution >= 0.6 is 11.6 Å². The molecular weight excluding hydrogens is 404 g/mol. The number of imidazole rings is 1. The molecule has 1 aromatic carbocycles. The van der Waals surface area contributed by atoms with Crippen molar-refractivity contribution in [2.75, 3.05) is 14.2 Å². The number of carbonyl (C=O) groups excluding carboxylic acids is 1. The van der Waals surface area contributed by atoms with E-state index in [0.717, 1.165) is 25.7 Å². The summed E-state index contributed by atoms with van der Waals surface area (Å²) in [5.41, 5.74) is -0.836. The lowest BCUT2D eigenvalue weighted by molar-refractivity contribution is -0.177. The second-order valence-corrected chi connectivity index (χ2v) is 7.92. The highest BCUT2D eigenvalue weighted by Crippen LogP contribution is 2.43. The van der Waals surface area contributed by atoms with E-state index >= 15 is 0 Å². The molecule has 0 radical (unpaired) electrons. The second-order valence-electron chi connectivity index (χ2n) is 7.48. The van der Waals surface area contributed by atoms with E-state index in [0.29, 0.717) is 23.6 Å². The molecule has 2 unspecified atom stereocenters. The maximum atomic E-state index is 13.2. The summed E-state index contributed by atoms with van der Waals surface area (Å²) in [4.78, 5) is 17.4. The quantitative estimate of drug-likeness (QED) is 0.378. The molecule has 166 valence electrons. The normalized spacial score (nSPS) is 13.6. The molecule has 7 heteroatoms. The Morgan fingerprint density at radius 1 is 1.13 bits per heavy atom. The number of hydrogen-bond acceptors (Lipinski definition) is 5. The number of esters is 1. The van der Waals surface area contributed by atoms with Gasteiger partial charge < -0.3 is 14.2 Å². The van der Waals surface area contributed by atoms with Crippen LogP contribution in [0.2, 0.25) is 5.02 Å².